The number of aliphatic hydroxyl groups is 1. The summed E-state index contributed by atoms with van der Waals surface area (Å²) < 4.78 is 0. The van der Waals surface area contributed by atoms with E-state index in [4.69, 9.17) is 0 Å². The number of anilines is 2. The smallest absolute Gasteiger partial charge is 0.248 e. The Labute approximate surface area is 128 Å². The zero-order valence-corrected chi connectivity index (χ0v) is 13.0. The molecule has 0 radical (unpaired) electrons. The van der Waals surface area contributed by atoms with E-state index in [0.717, 1.165) is 5.69 Å². The molecule has 0 fully saturated rings. The van der Waals surface area contributed by atoms with Gasteiger partial charge in [-0.05, 0) is 19.1 Å². The number of para-hydroxylation sites is 1. The quantitative estimate of drug-likeness (QED) is 0.887. The molecule has 0 saturated heterocycles. The van der Waals surface area contributed by atoms with Crippen LogP contribution in [0.5, 0.6) is 0 Å². The van der Waals surface area contributed by atoms with Crippen LogP contribution in [0.4, 0.5) is 10.8 Å². The molecule has 0 aliphatic heterocycles. The Bertz CT molecular complexity index is 558. The molecule has 21 heavy (non-hydrogen) atoms. The van der Waals surface area contributed by atoms with Gasteiger partial charge in [0.1, 0.15) is 0 Å². The van der Waals surface area contributed by atoms with Gasteiger partial charge in [0.05, 0.1) is 12.6 Å². The Morgan fingerprint density at radius 2 is 2.10 bits per heavy atom. The first-order valence-electron chi connectivity index (χ1n) is 6.72. The molecular weight excluding hydrogens is 286 g/mol. The minimum atomic E-state index is -0.511. The van der Waals surface area contributed by atoms with Crippen LogP contribution in [0.25, 0.3) is 0 Å². The van der Waals surface area contributed by atoms with Crippen molar-refractivity contribution in [3.63, 3.8) is 0 Å². The lowest BCUT2D eigenvalue weighted by Crippen LogP contribution is -2.41. The molecule has 2 aromatic rings. The zero-order chi connectivity index (χ0) is 15.2. The largest absolute Gasteiger partial charge is 0.392 e. The summed E-state index contributed by atoms with van der Waals surface area (Å²) in [5, 5.41) is 12.2. The number of rotatable bonds is 6. The van der Waals surface area contributed by atoms with Crippen molar-refractivity contribution in [3.05, 3.63) is 41.9 Å². The highest BCUT2D eigenvalue weighted by Crippen LogP contribution is 2.18. The molecule has 1 N–H and O–H groups in total. The topological polar surface area (TPSA) is 56.7 Å². The third-order valence-electron chi connectivity index (χ3n) is 3.01. The second-order valence-corrected chi connectivity index (χ2v) is 5.71. The van der Waals surface area contributed by atoms with Crippen LogP contribution in [-0.4, -0.2) is 42.2 Å². The average Bonchev–Trinajstić information content (AvgIpc) is 3.00. The van der Waals surface area contributed by atoms with Gasteiger partial charge in [-0.3, -0.25) is 9.69 Å². The molecule has 1 atom stereocenters. The van der Waals surface area contributed by atoms with E-state index in [2.05, 4.69) is 4.98 Å². The van der Waals surface area contributed by atoms with Crippen LogP contribution in [0, 0.1) is 0 Å². The van der Waals surface area contributed by atoms with E-state index in [0.29, 0.717) is 11.7 Å². The monoisotopic (exact) mass is 305 g/mol. The number of nitrogens with zero attached hydrogens (tertiary/aromatic N) is 3. The number of carbonyl (C=O) groups excluding carboxylic acids is 1. The summed E-state index contributed by atoms with van der Waals surface area (Å²) >= 11 is 1.42. The highest BCUT2D eigenvalue weighted by atomic mass is 32.1. The number of amides is 1. The van der Waals surface area contributed by atoms with Crippen molar-refractivity contribution in [3.8, 4) is 0 Å². The van der Waals surface area contributed by atoms with E-state index in [-0.39, 0.29) is 12.5 Å². The minimum absolute atomic E-state index is 0.0607. The highest BCUT2D eigenvalue weighted by Gasteiger charge is 2.18. The van der Waals surface area contributed by atoms with Crippen molar-refractivity contribution in [1.82, 2.24) is 4.98 Å². The van der Waals surface area contributed by atoms with Crippen LogP contribution >= 0.6 is 11.3 Å². The number of thiazole rings is 1. The van der Waals surface area contributed by atoms with Crippen LogP contribution in [0.2, 0.25) is 0 Å². The van der Waals surface area contributed by atoms with Crippen molar-refractivity contribution in [2.75, 3.05) is 29.9 Å². The van der Waals surface area contributed by atoms with Crippen LogP contribution < -0.4 is 9.80 Å². The van der Waals surface area contributed by atoms with Crippen LogP contribution in [0.3, 0.4) is 0 Å². The number of aliphatic hydroxyl groups excluding tert-OH is 1. The van der Waals surface area contributed by atoms with E-state index in [1.165, 1.54) is 11.3 Å². The Hall–Kier alpha value is -1.92. The summed E-state index contributed by atoms with van der Waals surface area (Å²) in [5.41, 5.74) is 0.916. The first kappa shape index (κ1) is 15.5. The third kappa shape index (κ3) is 4.27. The molecule has 0 saturated carbocycles. The molecule has 1 heterocycles. The first-order valence-corrected chi connectivity index (χ1v) is 7.60. The second-order valence-electron chi connectivity index (χ2n) is 4.83. The second kappa shape index (κ2) is 7.19. The van der Waals surface area contributed by atoms with Crippen LogP contribution in [-0.2, 0) is 4.79 Å². The van der Waals surface area contributed by atoms with Gasteiger partial charge in [-0.25, -0.2) is 4.98 Å². The van der Waals surface area contributed by atoms with Crippen LogP contribution in [0.15, 0.2) is 41.9 Å². The molecule has 0 spiro atoms. The van der Waals surface area contributed by atoms with E-state index >= 15 is 0 Å². The van der Waals surface area contributed by atoms with Gasteiger partial charge in [0, 0.05) is 30.9 Å². The van der Waals surface area contributed by atoms with Crippen molar-refractivity contribution < 1.29 is 9.90 Å². The molecule has 6 heteroatoms. The molecule has 0 aliphatic carbocycles. The van der Waals surface area contributed by atoms with E-state index in [9.17, 15) is 9.90 Å². The van der Waals surface area contributed by atoms with E-state index < -0.39 is 6.10 Å². The highest BCUT2D eigenvalue weighted by molar-refractivity contribution is 7.13. The Kier molecular flexibility index (Phi) is 5.30. The van der Waals surface area contributed by atoms with Gasteiger partial charge in [0.15, 0.2) is 5.13 Å². The maximum absolute atomic E-state index is 12.4. The van der Waals surface area contributed by atoms with Gasteiger partial charge in [0.25, 0.3) is 0 Å². The number of hydrogen-bond donors (Lipinski definition) is 1. The predicted molar refractivity (Wildman–Crippen MR) is 85.9 cm³/mol. The Morgan fingerprint density at radius 1 is 1.38 bits per heavy atom. The fourth-order valence-electron chi connectivity index (χ4n) is 1.98. The van der Waals surface area contributed by atoms with Gasteiger partial charge in [-0.15, -0.1) is 11.3 Å². The van der Waals surface area contributed by atoms with Crippen molar-refractivity contribution in [2.24, 2.45) is 0 Å². The zero-order valence-electron chi connectivity index (χ0n) is 12.1. The maximum Gasteiger partial charge on any atom is 0.248 e. The van der Waals surface area contributed by atoms with Gasteiger partial charge >= 0.3 is 0 Å². The number of carbonyl (C=O) groups is 1. The third-order valence-corrected chi connectivity index (χ3v) is 3.86. The van der Waals surface area contributed by atoms with Crippen molar-refractivity contribution in [2.45, 2.75) is 13.0 Å². The van der Waals surface area contributed by atoms with Gasteiger partial charge in [-0.1, -0.05) is 18.2 Å². The van der Waals surface area contributed by atoms with Crippen LogP contribution in [0.1, 0.15) is 6.92 Å². The summed E-state index contributed by atoms with van der Waals surface area (Å²) in [7, 11) is 1.71. The van der Waals surface area contributed by atoms with Crippen molar-refractivity contribution >= 4 is 28.1 Å². The molecule has 0 bridgehead atoms. The summed E-state index contributed by atoms with van der Waals surface area (Å²) in [6, 6.07) is 9.62. The fraction of sp³-hybridized carbons (Fsp3) is 0.333. The summed E-state index contributed by atoms with van der Waals surface area (Å²) in [6.45, 7) is 2.32. The molecule has 1 aromatic carbocycles. The van der Waals surface area contributed by atoms with Gasteiger partial charge in [0.2, 0.25) is 5.91 Å². The number of hydrogen-bond acceptors (Lipinski definition) is 5. The van der Waals surface area contributed by atoms with E-state index in [1.54, 1.807) is 25.1 Å². The number of benzene rings is 1. The molecule has 0 unspecified atom stereocenters. The van der Waals surface area contributed by atoms with E-state index in [1.807, 2.05) is 40.6 Å². The van der Waals surface area contributed by atoms with Gasteiger partial charge in [-0.2, -0.15) is 0 Å². The summed E-state index contributed by atoms with van der Waals surface area (Å²) in [4.78, 5) is 19.9. The maximum atomic E-state index is 12.4. The summed E-state index contributed by atoms with van der Waals surface area (Å²) in [5.74, 6) is -0.0607. The lowest BCUT2D eigenvalue weighted by molar-refractivity contribution is -0.117. The normalized spacial score (nSPS) is 12.0. The molecule has 1 amide bonds. The number of aromatic nitrogens is 1. The lowest BCUT2D eigenvalue weighted by Gasteiger charge is -2.27. The van der Waals surface area contributed by atoms with Crippen molar-refractivity contribution in [1.29, 1.82) is 0 Å². The fourth-order valence-corrected chi connectivity index (χ4v) is 2.60. The Morgan fingerprint density at radius 3 is 2.67 bits per heavy atom. The molecule has 2 rings (SSSR count). The molecule has 5 nitrogen and oxygen atoms in total. The summed E-state index contributed by atoms with van der Waals surface area (Å²) in [6.07, 6.45) is 1.16. The molecule has 1 aromatic heterocycles. The average molecular weight is 305 g/mol. The Balaban J connectivity index is 2.10. The first-order chi connectivity index (χ1) is 10.1. The van der Waals surface area contributed by atoms with Gasteiger partial charge < -0.3 is 10.0 Å². The SMILES string of the molecule is C[C@@H](O)CN(CC(=O)N(C)c1nccs1)c1ccccc1. The lowest BCUT2D eigenvalue weighted by atomic mass is 10.2. The standard InChI is InChI=1S/C15H19N3O2S/c1-12(19)10-18(13-6-4-3-5-7-13)11-14(20)17(2)15-16-8-9-21-15/h3-9,12,19H,10-11H2,1-2H3/t12-/m1/s1. The molecule has 0 aliphatic rings. The minimum Gasteiger partial charge on any atom is -0.392 e. The number of likely N-dealkylation sites (N-methyl/N-ethyl adjacent to an activating group) is 1. The predicted octanol–water partition coefficient (Wildman–Crippen LogP) is 1.99. The molecular formula is C15H19N3O2S. The molecule has 112 valence electrons.